The molecule has 1 unspecified atom stereocenters. The number of benzene rings is 1. The molecule has 1 aromatic heterocycles. The van der Waals surface area contributed by atoms with E-state index < -0.39 is 11.2 Å². The minimum absolute atomic E-state index is 0.453. The zero-order valence-electron chi connectivity index (χ0n) is 14.7. The Morgan fingerprint density at radius 1 is 1.24 bits per heavy atom. The summed E-state index contributed by atoms with van der Waals surface area (Å²) >= 11 is 4.04. The first-order chi connectivity index (χ1) is 12.0. The normalized spacial score (nSPS) is 12.1. The van der Waals surface area contributed by atoms with Crippen LogP contribution in [-0.2, 0) is 17.8 Å². The van der Waals surface area contributed by atoms with Crippen molar-refractivity contribution in [1.29, 1.82) is 0 Å². The number of carboxylic acids is 1. The SMILES string of the molecule is Cc1noc(C)c1COc1ccc(CCCCCC(S)C(=O)O)cc1. The summed E-state index contributed by atoms with van der Waals surface area (Å²) in [6.07, 6.45) is 4.54. The van der Waals surface area contributed by atoms with Crippen LogP contribution in [0.4, 0.5) is 0 Å². The zero-order chi connectivity index (χ0) is 18.2. The number of rotatable bonds is 10. The van der Waals surface area contributed by atoms with Gasteiger partial charge in [0.05, 0.1) is 16.5 Å². The summed E-state index contributed by atoms with van der Waals surface area (Å²) in [6, 6.07) is 8.09. The smallest absolute Gasteiger partial charge is 0.316 e. The van der Waals surface area contributed by atoms with Crippen LogP contribution in [0.25, 0.3) is 0 Å². The Balaban J connectivity index is 1.70. The van der Waals surface area contributed by atoms with Gasteiger partial charge in [-0.15, -0.1) is 0 Å². The van der Waals surface area contributed by atoms with Gasteiger partial charge in [0.25, 0.3) is 0 Å². The molecule has 6 heteroatoms. The molecule has 0 aliphatic carbocycles. The fourth-order valence-corrected chi connectivity index (χ4v) is 2.77. The van der Waals surface area contributed by atoms with E-state index >= 15 is 0 Å². The van der Waals surface area contributed by atoms with Crippen molar-refractivity contribution in [2.24, 2.45) is 0 Å². The summed E-state index contributed by atoms with van der Waals surface area (Å²) in [5, 5.41) is 12.2. The van der Waals surface area contributed by atoms with Crippen molar-refractivity contribution in [3.05, 3.63) is 46.8 Å². The number of aliphatic carboxylic acids is 1. The number of thiol groups is 1. The Morgan fingerprint density at radius 2 is 1.96 bits per heavy atom. The van der Waals surface area contributed by atoms with Crippen LogP contribution in [0.15, 0.2) is 28.8 Å². The fourth-order valence-electron chi connectivity index (χ4n) is 2.58. The second-order valence-corrected chi connectivity index (χ2v) is 6.81. The summed E-state index contributed by atoms with van der Waals surface area (Å²) in [7, 11) is 0. The third kappa shape index (κ3) is 6.12. The third-order valence-electron chi connectivity index (χ3n) is 4.22. The Labute approximate surface area is 153 Å². The third-order valence-corrected chi connectivity index (χ3v) is 4.69. The molecule has 1 heterocycles. The van der Waals surface area contributed by atoms with Crippen molar-refractivity contribution in [1.82, 2.24) is 5.16 Å². The van der Waals surface area contributed by atoms with Crippen LogP contribution in [0.2, 0.25) is 0 Å². The first-order valence-corrected chi connectivity index (χ1v) is 9.03. The molecule has 0 bridgehead atoms. The van der Waals surface area contributed by atoms with E-state index in [1.165, 1.54) is 5.56 Å². The quantitative estimate of drug-likeness (QED) is 0.485. The van der Waals surface area contributed by atoms with Crippen LogP contribution < -0.4 is 4.74 Å². The lowest BCUT2D eigenvalue weighted by molar-refractivity contribution is -0.136. The number of carbonyl (C=O) groups is 1. The van der Waals surface area contributed by atoms with Gasteiger partial charge in [-0.05, 0) is 50.8 Å². The van der Waals surface area contributed by atoms with E-state index in [0.29, 0.717) is 13.0 Å². The van der Waals surface area contributed by atoms with Crippen LogP contribution in [-0.4, -0.2) is 21.5 Å². The second-order valence-electron chi connectivity index (χ2n) is 6.19. The van der Waals surface area contributed by atoms with Crippen molar-refractivity contribution < 1.29 is 19.2 Å². The Hall–Kier alpha value is -1.95. The van der Waals surface area contributed by atoms with Crippen molar-refractivity contribution >= 4 is 18.6 Å². The van der Waals surface area contributed by atoms with Gasteiger partial charge in [0.2, 0.25) is 0 Å². The Bertz CT molecular complexity index is 662. The number of carboxylic acid groups (broad SMARTS) is 1. The van der Waals surface area contributed by atoms with Gasteiger partial charge in [0.15, 0.2) is 0 Å². The molecule has 0 amide bonds. The predicted octanol–water partition coefficient (Wildman–Crippen LogP) is 4.36. The number of hydrogen-bond acceptors (Lipinski definition) is 5. The molecule has 0 aliphatic heterocycles. The minimum Gasteiger partial charge on any atom is -0.489 e. The number of hydrogen-bond donors (Lipinski definition) is 2. The molecule has 0 aliphatic rings. The maximum absolute atomic E-state index is 10.7. The Kier molecular flexibility index (Phi) is 7.37. The summed E-state index contributed by atoms with van der Waals surface area (Å²) in [4.78, 5) is 10.7. The van der Waals surface area contributed by atoms with Crippen LogP contribution >= 0.6 is 12.6 Å². The molecule has 0 fully saturated rings. The molecule has 25 heavy (non-hydrogen) atoms. The van der Waals surface area contributed by atoms with Crippen LogP contribution in [0.1, 0.15) is 48.3 Å². The highest BCUT2D eigenvalue weighted by Gasteiger charge is 2.11. The van der Waals surface area contributed by atoms with Gasteiger partial charge in [-0.25, -0.2) is 0 Å². The van der Waals surface area contributed by atoms with Gasteiger partial charge in [0, 0.05) is 0 Å². The number of nitrogens with zero attached hydrogens (tertiary/aromatic N) is 1. The van der Waals surface area contributed by atoms with E-state index in [1.807, 2.05) is 26.0 Å². The van der Waals surface area contributed by atoms with Gasteiger partial charge in [-0.3, -0.25) is 4.79 Å². The lowest BCUT2D eigenvalue weighted by Crippen LogP contribution is -2.12. The van der Waals surface area contributed by atoms with E-state index in [0.717, 1.165) is 48.5 Å². The summed E-state index contributed by atoms with van der Waals surface area (Å²) in [6.45, 7) is 4.24. The maximum atomic E-state index is 10.7. The zero-order valence-corrected chi connectivity index (χ0v) is 15.6. The lowest BCUT2D eigenvalue weighted by atomic mass is 10.1. The summed E-state index contributed by atoms with van der Waals surface area (Å²) < 4.78 is 10.9. The first kappa shape index (κ1) is 19.4. The van der Waals surface area contributed by atoms with Crippen molar-refractivity contribution in [2.45, 2.75) is 57.8 Å². The van der Waals surface area contributed by atoms with Gasteiger partial charge in [-0.2, -0.15) is 12.6 Å². The highest BCUT2D eigenvalue weighted by Crippen LogP contribution is 2.19. The molecule has 5 nitrogen and oxygen atoms in total. The molecule has 0 saturated carbocycles. The summed E-state index contributed by atoms with van der Waals surface area (Å²) in [5.74, 6) is 0.777. The average Bonchev–Trinajstić information content (AvgIpc) is 2.91. The standard InChI is InChI=1S/C19H25NO4S/c1-13-17(14(2)24-20-13)12-23-16-10-8-15(9-11-16)6-4-3-5-7-18(25)19(21)22/h8-11,18,25H,3-7,12H2,1-2H3,(H,21,22). The molecule has 2 rings (SSSR count). The molecule has 0 spiro atoms. The number of aromatic nitrogens is 1. The summed E-state index contributed by atoms with van der Waals surface area (Å²) in [5.41, 5.74) is 3.11. The van der Waals surface area contributed by atoms with Crippen molar-refractivity contribution in [3.63, 3.8) is 0 Å². The van der Waals surface area contributed by atoms with E-state index in [4.69, 9.17) is 14.4 Å². The van der Waals surface area contributed by atoms with Gasteiger partial charge >= 0.3 is 5.97 Å². The van der Waals surface area contributed by atoms with Crippen molar-refractivity contribution in [3.8, 4) is 5.75 Å². The average molecular weight is 363 g/mol. The van der Waals surface area contributed by atoms with Crippen LogP contribution in [0, 0.1) is 13.8 Å². The van der Waals surface area contributed by atoms with Crippen LogP contribution in [0.5, 0.6) is 5.75 Å². The van der Waals surface area contributed by atoms with Gasteiger partial charge in [-0.1, -0.05) is 30.1 Å². The molecule has 1 aromatic carbocycles. The first-order valence-electron chi connectivity index (χ1n) is 8.51. The van der Waals surface area contributed by atoms with E-state index in [1.54, 1.807) is 0 Å². The molecule has 136 valence electrons. The molecular formula is C19H25NO4S. The monoisotopic (exact) mass is 363 g/mol. The predicted molar refractivity (Wildman–Crippen MR) is 99.3 cm³/mol. The second kappa shape index (κ2) is 9.51. The molecule has 0 radical (unpaired) electrons. The lowest BCUT2D eigenvalue weighted by Gasteiger charge is -2.08. The van der Waals surface area contributed by atoms with Crippen molar-refractivity contribution in [2.75, 3.05) is 0 Å². The number of ether oxygens (including phenoxy) is 1. The molecule has 2 aromatic rings. The Morgan fingerprint density at radius 3 is 2.56 bits per heavy atom. The van der Waals surface area contributed by atoms with Gasteiger partial charge < -0.3 is 14.4 Å². The maximum Gasteiger partial charge on any atom is 0.316 e. The molecular weight excluding hydrogens is 338 g/mol. The number of unbranched alkanes of at least 4 members (excludes halogenated alkanes) is 2. The fraction of sp³-hybridized carbons (Fsp3) is 0.474. The van der Waals surface area contributed by atoms with E-state index in [9.17, 15) is 4.79 Å². The van der Waals surface area contributed by atoms with Gasteiger partial charge in [0.1, 0.15) is 18.1 Å². The highest BCUT2D eigenvalue weighted by atomic mass is 32.1. The molecule has 0 saturated heterocycles. The van der Waals surface area contributed by atoms with E-state index in [2.05, 4.69) is 29.9 Å². The largest absolute Gasteiger partial charge is 0.489 e. The number of aryl methyl sites for hydroxylation is 3. The van der Waals surface area contributed by atoms with E-state index in [-0.39, 0.29) is 0 Å². The topological polar surface area (TPSA) is 72.6 Å². The molecule has 1 atom stereocenters. The minimum atomic E-state index is -0.837. The van der Waals surface area contributed by atoms with Crippen LogP contribution in [0.3, 0.4) is 0 Å². The molecule has 1 N–H and O–H groups in total. The highest BCUT2D eigenvalue weighted by molar-refractivity contribution is 7.81.